The molecule has 0 N–H and O–H groups in total. The van der Waals surface area contributed by atoms with Crippen molar-refractivity contribution in [2.24, 2.45) is 5.92 Å². The van der Waals surface area contributed by atoms with Gasteiger partial charge in [0.2, 0.25) is 0 Å². The lowest BCUT2D eigenvalue weighted by Gasteiger charge is -2.24. The van der Waals surface area contributed by atoms with Crippen molar-refractivity contribution in [3.63, 3.8) is 0 Å². The summed E-state index contributed by atoms with van der Waals surface area (Å²) in [5.41, 5.74) is 0. The molecular formula is C9H20N2S. The maximum Gasteiger partial charge on any atom is 0.0339 e. The average Bonchev–Trinajstić information content (AvgIpc) is 2.34. The van der Waals surface area contributed by atoms with E-state index in [1.807, 2.05) is 0 Å². The maximum atomic E-state index is 4.51. The second-order valence-electron chi connectivity index (χ2n) is 4.22. The summed E-state index contributed by atoms with van der Waals surface area (Å²) in [6.45, 7) is 7.97. The first-order valence-electron chi connectivity index (χ1n) is 4.73. The van der Waals surface area contributed by atoms with Crippen LogP contribution in [0.2, 0.25) is 0 Å². The molecular weight excluding hydrogens is 168 g/mol. The van der Waals surface area contributed by atoms with Crippen LogP contribution in [0.4, 0.5) is 0 Å². The Morgan fingerprint density at radius 2 is 2.25 bits per heavy atom. The van der Waals surface area contributed by atoms with E-state index < -0.39 is 0 Å². The zero-order chi connectivity index (χ0) is 9.14. The van der Waals surface area contributed by atoms with Crippen LogP contribution in [0.15, 0.2) is 0 Å². The van der Waals surface area contributed by atoms with Gasteiger partial charge in [0, 0.05) is 19.1 Å². The highest BCUT2D eigenvalue weighted by molar-refractivity contribution is 7.77. The molecule has 1 aliphatic heterocycles. The summed E-state index contributed by atoms with van der Waals surface area (Å²) >= 11 is 4.51. The summed E-state index contributed by atoms with van der Waals surface area (Å²) in [6.07, 6.45) is 1.27. The molecule has 72 valence electrons. The highest BCUT2D eigenvalue weighted by Crippen LogP contribution is 2.16. The van der Waals surface area contributed by atoms with Crippen LogP contribution in [0, 0.1) is 5.92 Å². The fourth-order valence-corrected chi connectivity index (χ4v) is 2.19. The molecule has 1 atom stereocenters. The first kappa shape index (κ1) is 10.4. The SMILES string of the molecule is CC(C)CN(S)C1CCN(C)C1. The molecule has 3 heteroatoms. The standard InChI is InChI=1S/C9H20N2S/c1-8(2)6-11(12)9-4-5-10(3)7-9/h8-9,12H,4-7H2,1-3H3. The van der Waals surface area contributed by atoms with E-state index in [2.05, 4.69) is 42.9 Å². The number of likely N-dealkylation sites (tertiary alicyclic amines) is 1. The molecule has 1 fully saturated rings. The third kappa shape index (κ3) is 2.96. The van der Waals surface area contributed by atoms with E-state index in [0.717, 1.165) is 6.54 Å². The van der Waals surface area contributed by atoms with Crippen molar-refractivity contribution in [3.05, 3.63) is 0 Å². The van der Waals surface area contributed by atoms with Gasteiger partial charge in [-0.1, -0.05) is 26.7 Å². The van der Waals surface area contributed by atoms with Crippen LogP contribution in [0.5, 0.6) is 0 Å². The molecule has 0 bridgehead atoms. The minimum atomic E-state index is 0.667. The molecule has 1 unspecified atom stereocenters. The van der Waals surface area contributed by atoms with Crippen molar-refractivity contribution < 1.29 is 0 Å². The minimum absolute atomic E-state index is 0.667. The van der Waals surface area contributed by atoms with Gasteiger partial charge >= 0.3 is 0 Å². The molecule has 1 heterocycles. The van der Waals surface area contributed by atoms with Crippen molar-refractivity contribution in [1.29, 1.82) is 0 Å². The highest BCUT2D eigenvalue weighted by atomic mass is 32.1. The number of hydrogen-bond acceptors (Lipinski definition) is 3. The highest BCUT2D eigenvalue weighted by Gasteiger charge is 2.23. The Morgan fingerprint density at radius 1 is 1.58 bits per heavy atom. The molecule has 1 saturated heterocycles. The largest absolute Gasteiger partial charge is 0.305 e. The predicted molar refractivity (Wildman–Crippen MR) is 56.4 cm³/mol. The molecule has 2 nitrogen and oxygen atoms in total. The number of nitrogens with zero attached hydrogens (tertiary/aromatic N) is 2. The van der Waals surface area contributed by atoms with Crippen molar-refractivity contribution in [2.75, 3.05) is 26.7 Å². The average molecular weight is 188 g/mol. The second-order valence-corrected chi connectivity index (χ2v) is 4.73. The van der Waals surface area contributed by atoms with Gasteiger partial charge in [0.1, 0.15) is 0 Å². The molecule has 0 aromatic heterocycles. The van der Waals surface area contributed by atoms with E-state index in [9.17, 15) is 0 Å². The third-order valence-electron chi connectivity index (χ3n) is 2.34. The zero-order valence-electron chi connectivity index (χ0n) is 8.32. The smallest absolute Gasteiger partial charge is 0.0339 e. The molecule has 0 aromatic rings. The van der Waals surface area contributed by atoms with Gasteiger partial charge in [-0.25, -0.2) is 4.31 Å². The van der Waals surface area contributed by atoms with Crippen LogP contribution < -0.4 is 0 Å². The van der Waals surface area contributed by atoms with Gasteiger partial charge in [0.05, 0.1) is 0 Å². The normalized spacial score (nSPS) is 26.0. The molecule has 0 radical (unpaired) electrons. The molecule has 1 aliphatic rings. The molecule has 12 heavy (non-hydrogen) atoms. The predicted octanol–water partition coefficient (Wildman–Crippen LogP) is 1.49. The van der Waals surface area contributed by atoms with E-state index in [1.165, 1.54) is 19.5 Å². The molecule has 0 saturated carbocycles. The Morgan fingerprint density at radius 3 is 2.67 bits per heavy atom. The minimum Gasteiger partial charge on any atom is -0.305 e. The van der Waals surface area contributed by atoms with Crippen LogP contribution in [-0.4, -0.2) is 41.9 Å². The summed E-state index contributed by atoms with van der Waals surface area (Å²) in [6, 6.07) is 0.667. The van der Waals surface area contributed by atoms with Crippen molar-refractivity contribution in [3.8, 4) is 0 Å². The van der Waals surface area contributed by atoms with E-state index in [-0.39, 0.29) is 0 Å². The van der Waals surface area contributed by atoms with Gasteiger partial charge in [-0.15, -0.1) is 0 Å². The van der Waals surface area contributed by atoms with E-state index in [4.69, 9.17) is 0 Å². The van der Waals surface area contributed by atoms with Crippen molar-refractivity contribution in [1.82, 2.24) is 9.21 Å². The van der Waals surface area contributed by atoms with Gasteiger partial charge in [0.25, 0.3) is 0 Å². The van der Waals surface area contributed by atoms with E-state index in [0.29, 0.717) is 12.0 Å². The Balaban J connectivity index is 2.28. The summed E-state index contributed by atoms with van der Waals surface area (Å²) in [5.74, 6) is 0.716. The molecule has 1 rings (SSSR count). The Hall–Kier alpha value is 0.270. The van der Waals surface area contributed by atoms with Gasteiger partial charge in [-0.3, -0.25) is 0 Å². The van der Waals surface area contributed by atoms with Gasteiger partial charge in [0.15, 0.2) is 0 Å². The summed E-state index contributed by atoms with van der Waals surface area (Å²) in [4.78, 5) is 2.37. The lowest BCUT2D eigenvalue weighted by atomic mass is 10.2. The topological polar surface area (TPSA) is 6.48 Å². The van der Waals surface area contributed by atoms with Crippen LogP contribution >= 0.6 is 12.8 Å². The van der Waals surface area contributed by atoms with Crippen molar-refractivity contribution in [2.45, 2.75) is 26.3 Å². The van der Waals surface area contributed by atoms with Gasteiger partial charge < -0.3 is 4.90 Å². The van der Waals surface area contributed by atoms with Crippen LogP contribution in [0.3, 0.4) is 0 Å². The molecule has 0 aliphatic carbocycles. The number of thiol groups is 1. The summed E-state index contributed by atoms with van der Waals surface area (Å²) < 4.78 is 2.20. The van der Waals surface area contributed by atoms with Crippen molar-refractivity contribution >= 4 is 12.8 Å². The first-order valence-corrected chi connectivity index (χ1v) is 5.13. The third-order valence-corrected chi connectivity index (χ3v) is 2.83. The number of hydrogen-bond donors (Lipinski definition) is 1. The van der Waals surface area contributed by atoms with Gasteiger partial charge in [-0.05, 0) is 25.9 Å². The Labute approximate surface area is 81.5 Å². The Kier molecular flexibility index (Phi) is 3.87. The van der Waals surface area contributed by atoms with Gasteiger partial charge in [-0.2, -0.15) is 0 Å². The molecule has 0 amide bonds. The van der Waals surface area contributed by atoms with Crippen LogP contribution in [0.1, 0.15) is 20.3 Å². The quantitative estimate of drug-likeness (QED) is 0.671. The number of rotatable bonds is 3. The summed E-state index contributed by atoms with van der Waals surface area (Å²) in [5, 5.41) is 0. The molecule has 0 aromatic carbocycles. The monoisotopic (exact) mass is 188 g/mol. The summed E-state index contributed by atoms with van der Waals surface area (Å²) in [7, 11) is 2.18. The lowest BCUT2D eigenvalue weighted by Crippen LogP contribution is -2.32. The number of likely N-dealkylation sites (N-methyl/N-ethyl adjacent to an activating group) is 1. The van der Waals surface area contributed by atoms with E-state index >= 15 is 0 Å². The van der Waals surface area contributed by atoms with Crippen LogP contribution in [0.25, 0.3) is 0 Å². The molecule has 0 spiro atoms. The Bertz CT molecular complexity index is 138. The fraction of sp³-hybridized carbons (Fsp3) is 1.00. The zero-order valence-corrected chi connectivity index (χ0v) is 9.22. The second kappa shape index (κ2) is 4.49. The maximum absolute atomic E-state index is 4.51. The lowest BCUT2D eigenvalue weighted by molar-refractivity contribution is 0.311. The fourth-order valence-electron chi connectivity index (χ4n) is 1.68. The van der Waals surface area contributed by atoms with E-state index in [1.54, 1.807) is 0 Å². The van der Waals surface area contributed by atoms with Crippen LogP contribution in [-0.2, 0) is 0 Å². The first-order chi connectivity index (χ1) is 5.59.